The molecule has 7 heteroatoms. The van der Waals surface area contributed by atoms with Crippen LogP contribution in [0.5, 0.6) is 11.5 Å². The van der Waals surface area contributed by atoms with Gasteiger partial charge < -0.3 is 20.6 Å². The van der Waals surface area contributed by atoms with Gasteiger partial charge in [0, 0.05) is 6.20 Å². The standard InChI is InChI=1S/C13H10N2O5/c16-7-1-2-10(9(5-7)13(19)20)15-12(18)8-3-4-14-6-11(8)17/h1-6,16-17H,(H,15,18)(H,19,20). The number of phenols is 1. The number of aromatic carboxylic acids is 1. The van der Waals surface area contributed by atoms with Crippen molar-refractivity contribution in [2.24, 2.45) is 0 Å². The molecule has 20 heavy (non-hydrogen) atoms. The molecule has 1 aromatic carbocycles. The van der Waals surface area contributed by atoms with E-state index in [9.17, 15) is 19.8 Å². The Morgan fingerprint density at radius 1 is 1.10 bits per heavy atom. The van der Waals surface area contributed by atoms with Crippen molar-refractivity contribution in [3.63, 3.8) is 0 Å². The Labute approximate surface area is 113 Å². The molecule has 2 aromatic rings. The zero-order valence-corrected chi connectivity index (χ0v) is 10.1. The van der Waals surface area contributed by atoms with Crippen molar-refractivity contribution < 1.29 is 24.9 Å². The van der Waals surface area contributed by atoms with Crippen LogP contribution >= 0.6 is 0 Å². The molecule has 0 radical (unpaired) electrons. The Kier molecular flexibility index (Phi) is 3.52. The highest BCUT2D eigenvalue weighted by atomic mass is 16.4. The van der Waals surface area contributed by atoms with Crippen molar-refractivity contribution in [1.29, 1.82) is 0 Å². The van der Waals surface area contributed by atoms with Gasteiger partial charge in [0.15, 0.2) is 0 Å². The SMILES string of the molecule is O=C(Nc1ccc(O)cc1C(=O)O)c1ccncc1O. The number of hydrogen-bond acceptors (Lipinski definition) is 5. The lowest BCUT2D eigenvalue weighted by Crippen LogP contribution is -2.15. The first-order valence-electron chi connectivity index (χ1n) is 5.49. The number of carbonyl (C=O) groups is 2. The summed E-state index contributed by atoms with van der Waals surface area (Å²) in [4.78, 5) is 26.6. The molecule has 1 heterocycles. The first-order valence-corrected chi connectivity index (χ1v) is 5.49. The molecule has 0 atom stereocenters. The zero-order chi connectivity index (χ0) is 14.7. The summed E-state index contributed by atoms with van der Waals surface area (Å²) in [5.74, 6) is -2.53. The monoisotopic (exact) mass is 274 g/mol. The van der Waals surface area contributed by atoms with E-state index < -0.39 is 11.9 Å². The summed E-state index contributed by atoms with van der Waals surface area (Å²) in [6.45, 7) is 0. The molecule has 0 unspecified atom stereocenters. The molecule has 0 spiro atoms. The van der Waals surface area contributed by atoms with E-state index in [2.05, 4.69) is 10.3 Å². The van der Waals surface area contributed by atoms with E-state index in [0.717, 1.165) is 12.3 Å². The van der Waals surface area contributed by atoms with Gasteiger partial charge in [-0.05, 0) is 24.3 Å². The number of carboxylic acids is 1. The van der Waals surface area contributed by atoms with Crippen LogP contribution < -0.4 is 5.32 Å². The number of hydrogen-bond donors (Lipinski definition) is 4. The maximum Gasteiger partial charge on any atom is 0.337 e. The maximum absolute atomic E-state index is 11.9. The highest BCUT2D eigenvalue weighted by molar-refractivity contribution is 6.09. The second-order valence-corrected chi connectivity index (χ2v) is 3.88. The third-order valence-corrected chi connectivity index (χ3v) is 2.53. The molecule has 4 N–H and O–H groups in total. The summed E-state index contributed by atoms with van der Waals surface area (Å²) >= 11 is 0. The second-order valence-electron chi connectivity index (χ2n) is 3.88. The van der Waals surface area contributed by atoms with Crippen molar-refractivity contribution in [3.05, 3.63) is 47.8 Å². The highest BCUT2D eigenvalue weighted by Gasteiger charge is 2.16. The third kappa shape index (κ3) is 2.66. The zero-order valence-electron chi connectivity index (χ0n) is 10.1. The number of carbonyl (C=O) groups excluding carboxylic acids is 1. The molecule has 7 nitrogen and oxygen atoms in total. The van der Waals surface area contributed by atoms with E-state index in [1.807, 2.05) is 0 Å². The smallest absolute Gasteiger partial charge is 0.337 e. The summed E-state index contributed by atoms with van der Waals surface area (Å²) in [5.41, 5.74) is -0.284. The van der Waals surface area contributed by atoms with Crippen LogP contribution in [0, 0.1) is 0 Å². The Morgan fingerprint density at radius 3 is 2.50 bits per heavy atom. The first kappa shape index (κ1) is 13.3. The molecule has 1 amide bonds. The van der Waals surface area contributed by atoms with Crippen LogP contribution in [-0.4, -0.2) is 32.2 Å². The quantitative estimate of drug-likeness (QED) is 0.629. The molecule has 102 valence electrons. The number of aromatic nitrogens is 1. The van der Waals surface area contributed by atoms with Gasteiger partial charge in [-0.15, -0.1) is 0 Å². The minimum atomic E-state index is -1.30. The van der Waals surface area contributed by atoms with E-state index in [1.54, 1.807) is 0 Å². The highest BCUT2D eigenvalue weighted by Crippen LogP contribution is 2.23. The van der Waals surface area contributed by atoms with Crippen molar-refractivity contribution in [2.45, 2.75) is 0 Å². The second kappa shape index (κ2) is 5.27. The number of nitrogens with zero attached hydrogens (tertiary/aromatic N) is 1. The van der Waals surface area contributed by atoms with Gasteiger partial charge in [0.25, 0.3) is 5.91 Å². The molecule has 0 aliphatic rings. The summed E-state index contributed by atoms with van der Waals surface area (Å²) < 4.78 is 0. The van der Waals surface area contributed by atoms with Gasteiger partial charge in [-0.2, -0.15) is 0 Å². The van der Waals surface area contributed by atoms with Crippen LogP contribution in [0.15, 0.2) is 36.7 Å². The van der Waals surface area contributed by atoms with Crippen LogP contribution in [0.4, 0.5) is 5.69 Å². The van der Waals surface area contributed by atoms with Crippen LogP contribution in [0.2, 0.25) is 0 Å². The Balaban J connectivity index is 2.33. The topological polar surface area (TPSA) is 120 Å². The van der Waals surface area contributed by atoms with Gasteiger partial charge in [0.2, 0.25) is 0 Å². The molecule has 0 aliphatic carbocycles. The fraction of sp³-hybridized carbons (Fsp3) is 0. The molecule has 0 saturated carbocycles. The van der Waals surface area contributed by atoms with Gasteiger partial charge >= 0.3 is 5.97 Å². The Bertz CT molecular complexity index is 684. The van der Waals surface area contributed by atoms with Crippen molar-refractivity contribution in [2.75, 3.05) is 5.32 Å². The lowest BCUT2D eigenvalue weighted by Gasteiger charge is -2.09. The molecule has 0 fully saturated rings. The number of nitrogens with one attached hydrogen (secondary N) is 1. The Morgan fingerprint density at radius 2 is 1.85 bits per heavy atom. The average Bonchev–Trinajstić information content (AvgIpc) is 2.41. The maximum atomic E-state index is 11.9. The number of rotatable bonds is 3. The fourth-order valence-corrected chi connectivity index (χ4v) is 1.59. The lowest BCUT2D eigenvalue weighted by molar-refractivity contribution is 0.0697. The molecule has 0 bridgehead atoms. The van der Waals surface area contributed by atoms with Crippen molar-refractivity contribution in [3.8, 4) is 11.5 Å². The minimum Gasteiger partial charge on any atom is -0.508 e. The summed E-state index contributed by atoms with van der Waals surface area (Å²) in [6, 6.07) is 4.82. The van der Waals surface area contributed by atoms with Gasteiger partial charge in [-0.25, -0.2) is 4.79 Å². The van der Waals surface area contributed by atoms with Gasteiger partial charge in [0.1, 0.15) is 11.5 Å². The number of phenolic OH excluding ortho intramolecular Hbond substituents is 1. The summed E-state index contributed by atoms with van der Waals surface area (Å²) in [7, 11) is 0. The van der Waals surface area contributed by atoms with E-state index in [1.165, 1.54) is 24.4 Å². The normalized spacial score (nSPS) is 10.0. The van der Waals surface area contributed by atoms with E-state index in [4.69, 9.17) is 5.11 Å². The average molecular weight is 274 g/mol. The number of carboxylic acid groups (broad SMARTS) is 1. The third-order valence-electron chi connectivity index (χ3n) is 2.53. The molecule has 1 aromatic heterocycles. The first-order chi connectivity index (χ1) is 9.49. The lowest BCUT2D eigenvalue weighted by atomic mass is 10.1. The largest absolute Gasteiger partial charge is 0.508 e. The molecule has 0 aliphatic heterocycles. The van der Waals surface area contributed by atoms with E-state index in [-0.39, 0.29) is 28.3 Å². The van der Waals surface area contributed by atoms with Crippen LogP contribution in [0.1, 0.15) is 20.7 Å². The summed E-state index contributed by atoms with van der Waals surface area (Å²) in [6.07, 6.45) is 2.42. The predicted molar refractivity (Wildman–Crippen MR) is 68.9 cm³/mol. The number of aromatic hydroxyl groups is 2. The van der Waals surface area contributed by atoms with Gasteiger partial charge in [-0.3, -0.25) is 9.78 Å². The number of anilines is 1. The molecular weight excluding hydrogens is 264 g/mol. The van der Waals surface area contributed by atoms with Crippen LogP contribution in [0.3, 0.4) is 0 Å². The van der Waals surface area contributed by atoms with E-state index >= 15 is 0 Å². The molecule has 2 rings (SSSR count). The number of amides is 1. The summed E-state index contributed by atoms with van der Waals surface area (Å²) in [5, 5.41) is 30.1. The van der Waals surface area contributed by atoms with Crippen LogP contribution in [-0.2, 0) is 0 Å². The van der Waals surface area contributed by atoms with Crippen molar-refractivity contribution >= 4 is 17.6 Å². The fourth-order valence-electron chi connectivity index (χ4n) is 1.59. The Hall–Kier alpha value is -3.09. The van der Waals surface area contributed by atoms with Crippen molar-refractivity contribution in [1.82, 2.24) is 4.98 Å². The predicted octanol–water partition coefficient (Wildman–Crippen LogP) is 1.44. The van der Waals surface area contributed by atoms with Crippen LogP contribution in [0.25, 0.3) is 0 Å². The number of benzene rings is 1. The molecule has 0 saturated heterocycles. The number of pyridine rings is 1. The van der Waals surface area contributed by atoms with Gasteiger partial charge in [-0.1, -0.05) is 0 Å². The minimum absolute atomic E-state index is 0.0107. The van der Waals surface area contributed by atoms with Gasteiger partial charge in [0.05, 0.1) is 23.0 Å². The van der Waals surface area contributed by atoms with E-state index in [0.29, 0.717) is 0 Å². The molecular formula is C13H10N2O5.